The molecule has 0 unspecified atom stereocenters. The molecule has 0 aliphatic rings. The van der Waals surface area contributed by atoms with E-state index in [1.165, 1.54) is 11.8 Å². The third-order valence-electron chi connectivity index (χ3n) is 2.69. The molecule has 0 saturated carbocycles. The average molecular weight is 281 g/mol. The molecule has 1 aromatic rings. The maximum absolute atomic E-state index is 11.5. The van der Waals surface area contributed by atoms with Gasteiger partial charge >= 0.3 is 5.97 Å². The van der Waals surface area contributed by atoms with Crippen LogP contribution in [0.2, 0.25) is 0 Å². The highest BCUT2D eigenvalue weighted by Gasteiger charge is 2.18. The van der Waals surface area contributed by atoms with E-state index in [0.29, 0.717) is 30.9 Å². The van der Waals surface area contributed by atoms with Crippen LogP contribution < -0.4 is 4.90 Å². The molecule has 0 amide bonds. The van der Waals surface area contributed by atoms with E-state index in [2.05, 4.69) is 6.58 Å². The summed E-state index contributed by atoms with van der Waals surface area (Å²) in [6, 6.07) is 5.51. The van der Waals surface area contributed by atoms with Crippen LogP contribution in [0.5, 0.6) is 0 Å². The van der Waals surface area contributed by atoms with Gasteiger partial charge in [-0.2, -0.15) is 0 Å². The minimum atomic E-state index is -0.911. The van der Waals surface area contributed by atoms with Gasteiger partial charge in [-0.15, -0.1) is 18.3 Å². The Balaban J connectivity index is 3.20. The molecule has 1 rings (SSSR count). The molecule has 0 bridgehead atoms. The maximum Gasteiger partial charge on any atom is 0.338 e. The summed E-state index contributed by atoms with van der Waals surface area (Å²) in [6.45, 7) is 5.46. The monoisotopic (exact) mass is 281 g/mol. The SMILES string of the molecule is C=CCN(CCOC)c1cccc(SC)c1C(=O)O. The van der Waals surface area contributed by atoms with Crippen LogP contribution in [0.15, 0.2) is 35.7 Å². The lowest BCUT2D eigenvalue weighted by Crippen LogP contribution is -2.29. The highest BCUT2D eigenvalue weighted by Crippen LogP contribution is 2.29. The first kappa shape index (κ1) is 15.6. The largest absolute Gasteiger partial charge is 0.478 e. The summed E-state index contributed by atoms with van der Waals surface area (Å²) in [4.78, 5) is 14.2. The van der Waals surface area contributed by atoms with Crippen LogP contribution >= 0.6 is 11.8 Å². The second kappa shape index (κ2) is 7.86. The zero-order chi connectivity index (χ0) is 14.3. The van der Waals surface area contributed by atoms with Gasteiger partial charge in [0.1, 0.15) is 0 Å². The van der Waals surface area contributed by atoms with Crippen LogP contribution in [0.4, 0.5) is 5.69 Å². The van der Waals surface area contributed by atoms with Gasteiger partial charge in [-0.1, -0.05) is 12.1 Å². The van der Waals surface area contributed by atoms with Crippen molar-refractivity contribution in [3.8, 4) is 0 Å². The van der Waals surface area contributed by atoms with Gasteiger partial charge in [-0.05, 0) is 18.4 Å². The Bertz CT molecular complexity index is 448. The molecule has 0 saturated heterocycles. The Morgan fingerprint density at radius 1 is 1.58 bits per heavy atom. The number of carboxylic acid groups (broad SMARTS) is 1. The Labute approximate surface area is 118 Å². The number of aromatic carboxylic acids is 1. The van der Waals surface area contributed by atoms with Crippen molar-refractivity contribution in [2.75, 3.05) is 38.0 Å². The average Bonchev–Trinajstić information content (AvgIpc) is 2.42. The standard InChI is InChI=1S/C14H19NO3S/c1-4-8-15(9-10-18-2)11-6-5-7-12(19-3)13(11)14(16)17/h4-7H,1,8-10H2,2-3H3,(H,16,17). The third-order valence-corrected chi connectivity index (χ3v) is 3.47. The van der Waals surface area contributed by atoms with Crippen molar-refractivity contribution in [2.24, 2.45) is 0 Å². The number of carbonyl (C=O) groups is 1. The molecule has 0 fully saturated rings. The van der Waals surface area contributed by atoms with E-state index >= 15 is 0 Å². The van der Waals surface area contributed by atoms with Crippen molar-refractivity contribution < 1.29 is 14.6 Å². The van der Waals surface area contributed by atoms with Gasteiger partial charge in [-0.25, -0.2) is 4.79 Å². The topological polar surface area (TPSA) is 49.8 Å². The molecular weight excluding hydrogens is 262 g/mol. The molecule has 0 aliphatic heterocycles. The third kappa shape index (κ3) is 4.01. The number of hydrogen-bond donors (Lipinski definition) is 1. The van der Waals surface area contributed by atoms with Crippen molar-refractivity contribution in [1.29, 1.82) is 0 Å². The molecule has 0 heterocycles. The van der Waals surface area contributed by atoms with Crippen LogP contribution in [0.1, 0.15) is 10.4 Å². The molecule has 4 nitrogen and oxygen atoms in total. The fraction of sp³-hybridized carbons (Fsp3) is 0.357. The van der Waals surface area contributed by atoms with Gasteiger partial charge in [0.25, 0.3) is 0 Å². The molecule has 0 aromatic heterocycles. The Hall–Kier alpha value is -1.46. The van der Waals surface area contributed by atoms with E-state index in [4.69, 9.17) is 4.74 Å². The van der Waals surface area contributed by atoms with Crippen LogP contribution in [0.3, 0.4) is 0 Å². The first-order chi connectivity index (χ1) is 9.15. The van der Waals surface area contributed by atoms with E-state index in [-0.39, 0.29) is 0 Å². The lowest BCUT2D eigenvalue weighted by atomic mass is 10.1. The van der Waals surface area contributed by atoms with E-state index in [9.17, 15) is 9.90 Å². The summed E-state index contributed by atoms with van der Waals surface area (Å²) in [6.07, 6.45) is 3.63. The fourth-order valence-electron chi connectivity index (χ4n) is 1.84. The van der Waals surface area contributed by atoms with Crippen LogP contribution in [0.25, 0.3) is 0 Å². The van der Waals surface area contributed by atoms with E-state index in [1.807, 2.05) is 29.4 Å². The molecule has 0 spiro atoms. The number of carboxylic acids is 1. The molecule has 104 valence electrons. The van der Waals surface area contributed by atoms with Crippen molar-refractivity contribution in [3.05, 3.63) is 36.4 Å². The molecule has 1 N–H and O–H groups in total. The summed E-state index contributed by atoms with van der Waals surface area (Å²) >= 11 is 1.43. The van der Waals surface area contributed by atoms with Gasteiger partial charge in [0.2, 0.25) is 0 Å². The molecule has 0 aliphatic carbocycles. The number of ether oxygens (including phenoxy) is 1. The van der Waals surface area contributed by atoms with Crippen LogP contribution in [-0.2, 0) is 4.74 Å². The number of methoxy groups -OCH3 is 1. The number of nitrogens with zero attached hydrogens (tertiary/aromatic N) is 1. The van der Waals surface area contributed by atoms with Gasteiger partial charge < -0.3 is 14.7 Å². The number of anilines is 1. The lowest BCUT2D eigenvalue weighted by molar-refractivity contribution is 0.0693. The van der Waals surface area contributed by atoms with Gasteiger partial charge in [0.15, 0.2) is 0 Å². The smallest absolute Gasteiger partial charge is 0.338 e. The maximum atomic E-state index is 11.5. The first-order valence-corrected chi connectivity index (χ1v) is 7.13. The minimum Gasteiger partial charge on any atom is -0.478 e. The van der Waals surface area contributed by atoms with Crippen LogP contribution in [-0.4, -0.2) is 44.1 Å². The first-order valence-electron chi connectivity index (χ1n) is 5.90. The lowest BCUT2D eigenvalue weighted by Gasteiger charge is -2.25. The van der Waals surface area contributed by atoms with Crippen LogP contribution in [0, 0.1) is 0 Å². The highest BCUT2D eigenvalue weighted by atomic mass is 32.2. The molecule has 0 atom stereocenters. The Morgan fingerprint density at radius 3 is 2.84 bits per heavy atom. The number of hydrogen-bond acceptors (Lipinski definition) is 4. The predicted molar refractivity (Wildman–Crippen MR) is 79.5 cm³/mol. The Kier molecular flexibility index (Phi) is 6.45. The normalized spacial score (nSPS) is 10.2. The number of benzene rings is 1. The van der Waals surface area contributed by atoms with E-state index < -0.39 is 5.97 Å². The molecular formula is C14H19NO3S. The molecule has 0 radical (unpaired) electrons. The molecule has 5 heteroatoms. The van der Waals surface area contributed by atoms with Crippen molar-refractivity contribution >= 4 is 23.4 Å². The second-order valence-corrected chi connectivity index (χ2v) is 4.74. The second-order valence-electron chi connectivity index (χ2n) is 3.89. The van der Waals surface area contributed by atoms with Gasteiger partial charge in [-0.3, -0.25) is 0 Å². The summed E-state index contributed by atoms with van der Waals surface area (Å²) in [7, 11) is 1.63. The van der Waals surface area contributed by atoms with Gasteiger partial charge in [0, 0.05) is 25.1 Å². The zero-order valence-electron chi connectivity index (χ0n) is 11.3. The van der Waals surface area contributed by atoms with Gasteiger partial charge in [0.05, 0.1) is 17.9 Å². The summed E-state index contributed by atoms with van der Waals surface area (Å²) in [5.74, 6) is -0.911. The summed E-state index contributed by atoms with van der Waals surface area (Å²) < 4.78 is 5.07. The van der Waals surface area contributed by atoms with Crippen molar-refractivity contribution in [3.63, 3.8) is 0 Å². The zero-order valence-corrected chi connectivity index (χ0v) is 12.1. The molecule has 19 heavy (non-hydrogen) atoms. The quantitative estimate of drug-likeness (QED) is 0.586. The molecule has 1 aromatic carbocycles. The fourth-order valence-corrected chi connectivity index (χ4v) is 2.45. The number of rotatable bonds is 8. The number of thioether (sulfide) groups is 1. The summed E-state index contributed by atoms with van der Waals surface area (Å²) in [5, 5.41) is 9.42. The summed E-state index contributed by atoms with van der Waals surface area (Å²) in [5.41, 5.74) is 1.05. The highest BCUT2D eigenvalue weighted by molar-refractivity contribution is 7.98. The predicted octanol–water partition coefficient (Wildman–Crippen LogP) is 2.75. The Morgan fingerprint density at radius 2 is 2.32 bits per heavy atom. The van der Waals surface area contributed by atoms with Crippen molar-refractivity contribution in [2.45, 2.75) is 4.90 Å². The van der Waals surface area contributed by atoms with Crippen molar-refractivity contribution in [1.82, 2.24) is 0 Å². The van der Waals surface area contributed by atoms with E-state index in [0.717, 1.165) is 4.90 Å². The minimum absolute atomic E-state index is 0.341. The van der Waals surface area contributed by atoms with E-state index in [1.54, 1.807) is 13.2 Å².